The minimum Gasteiger partial charge on any atom is -0.493 e. The lowest BCUT2D eigenvalue weighted by Crippen LogP contribution is -2.29. The quantitative estimate of drug-likeness (QED) is 0.152. The number of halogens is 1. The van der Waals surface area contributed by atoms with Crippen molar-refractivity contribution in [2.45, 2.75) is 56.7 Å². The molecular formula is C33H35ClN4O4S. The number of rotatable bonds is 9. The Bertz CT molecular complexity index is 1660. The van der Waals surface area contributed by atoms with Crippen LogP contribution in [-0.2, 0) is 27.3 Å². The van der Waals surface area contributed by atoms with Gasteiger partial charge in [-0.1, -0.05) is 92.7 Å². The van der Waals surface area contributed by atoms with Gasteiger partial charge in [-0.2, -0.15) is 4.98 Å². The summed E-state index contributed by atoms with van der Waals surface area (Å²) >= 11 is 7.82. The van der Waals surface area contributed by atoms with Crippen molar-refractivity contribution in [2.75, 3.05) is 19.5 Å². The highest BCUT2D eigenvalue weighted by molar-refractivity contribution is 7.98. The molecule has 1 aliphatic rings. The van der Waals surface area contributed by atoms with Gasteiger partial charge in [0.15, 0.2) is 11.5 Å². The number of methoxy groups -OCH3 is 2. The summed E-state index contributed by atoms with van der Waals surface area (Å²) in [4.78, 5) is 17.7. The highest BCUT2D eigenvalue weighted by atomic mass is 35.5. The first-order valence-corrected chi connectivity index (χ1v) is 15.2. The molecule has 2 heterocycles. The van der Waals surface area contributed by atoms with E-state index in [4.69, 9.17) is 35.9 Å². The maximum Gasteiger partial charge on any atom is 0.338 e. The van der Waals surface area contributed by atoms with Crippen molar-refractivity contribution >= 4 is 35.3 Å². The average molecular weight is 619 g/mol. The Labute approximate surface area is 261 Å². The first-order valence-electron chi connectivity index (χ1n) is 13.9. The molecule has 1 unspecified atom stereocenters. The van der Waals surface area contributed by atoms with E-state index >= 15 is 0 Å². The normalized spacial score (nSPS) is 14.6. The number of carbonyl (C=O) groups excluding carboxylic acids is 1. The lowest BCUT2D eigenvalue weighted by molar-refractivity contribution is -0.136. The Hall–Kier alpha value is -3.95. The van der Waals surface area contributed by atoms with E-state index in [0.29, 0.717) is 51.3 Å². The molecule has 0 fully saturated rings. The van der Waals surface area contributed by atoms with Gasteiger partial charge in [0.2, 0.25) is 11.1 Å². The van der Waals surface area contributed by atoms with Crippen LogP contribution >= 0.6 is 23.4 Å². The fourth-order valence-electron chi connectivity index (χ4n) is 4.87. The number of aromatic nitrogens is 3. The van der Waals surface area contributed by atoms with Gasteiger partial charge in [-0.3, -0.25) is 0 Å². The van der Waals surface area contributed by atoms with Gasteiger partial charge < -0.3 is 19.5 Å². The number of esters is 1. The molecule has 43 heavy (non-hydrogen) atoms. The molecule has 1 aromatic heterocycles. The maximum atomic E-state index is 13.0. The summed E-state index contributed by atoms with van der Waals surface area (Å²) in [5, 5.41) is 9.24. The van der Waals surface area contributed by atoms with Crippen LogP contribution in [0, 0.1) is 0 Å². The Balaban J connectivity index is 1.43. The molecule has 0 saturated carbocycles. The van der Waals surface area contributed by atoms with Gasteiger partial charge in [0.05, 0.1) is 19.8 Å². The molecule has 10 heteroatoms. The molecule has 3 aromatic carbocycles. The molecule has 1 N–H and O–H groups in total. The van der Waals surface area contributed by atoms with Crippen molar-refractivity contribution in [3.8, 4) is 11.5 Å². The average Bonchev–Trinajstić information content (AvgIpc) is 3.40. The Morgan fingerprint density at radius 2 is 1.79 bits per heavy atom. The van der Waals surface area contributed by atoms with E-state index in [2.05, 4.69) is 50.4 Å². The second-order valence-corrected chi connectivity index (χ2v) is 12.6. The van der Waals surface area contributed by atoms with Crippen LogP contribution in [0.1, 0.15) is 56.0 Å². The number of benzene rings is 3. The van der Waals surface area contributed by atoms with Crippen LogP contribution < -0.4 is 14.8 Å². The van der Waals surface area contributed by atoms with Gasteiger partial charge in [0, 0.05) is 16.5 Å². The zero-order valence-electron chi connectivity index (χ0n) is 25.1. The topological polar surface area (TPSA) is 87.5 Å². The number of thioether (sulfide) groups is 1. The number of ether oxygens (including phenoxy) is 3. The third kappa shape index (κ3) is 6.68. The summed E-state index contributed by atoms with van der Waals surface area (Å²) in [5.41, 5.74) is 5.23. The first-order chi connectivity index (χ1) is 20.6. The fourth-order valence-corrected chi connectivity index (χ4v) is 5.98. The largest absolute Gasteiger partial charge is 0.493 e. The van der Waals surface area contributed by atoms with Gasteiger partial charge in [0.1, 0.15) is 12.6 Å². The first kappa shape index (κ1) is 30.5. The summed E-state index contributed by atoms with van der Waals surface area (Å²) in [6.07, 6.45) is 0. The molecule has 0 aliphatic carbocycles. The molecule has 1 aliphatic heterocycles. The molecule has 1 atom stereocenters. The summed E-state index contributed by atoms with van der Waals surface area (Å²) in [7, 11) is 2.96. The van der Waals surface area contributed by atoms with Crippen molar-refractivity contribution in [3.63, 3.8) is 0 Å². The highest BCUT2D eigenvalue weighted by Crippen LogP contribution is 2.40. The molecule has 4 aromatic rings. The predicted octanol–water partition coefficient (Wildman–Crippen LogP) is 7.57. The third-order valence-corrected chi connectivity index (χ3v) is 8.53. The minimum absolute atomic E-state index is 0.0853. The molecular weight excluding hydrogens is 584 g/mol. The lowest BCUT2D eigenvalue weighted by Gasteiger charge is -2.28. The Kier molecular flexibility index (Phi) is 9.03. The SMILES string of the molecule is COC(=O)C1=C(C)Nc2nc(SCc3ccccc3Cl)nn2C1c1ccc(OCc2ccc(C(C)(C)C)cc2)c(OC)c1. The second kappa shape index (κ2) is 12.7. The van der Waals surface area contributed by atoms with Crippen LogP contribution in [0.5, 0.6) is 11.5 Å². The van der Waals surface area contributed by atoms with Crippen LogP contribution in [0.3, 0.4) is 0 Å². The lowest BCUT2D eigenvalue weighted by atomic mass is 9.87. The van der Waals surface area contributed by atoms with E-state index < -0.39 is 12.0 Å². The minimum atomic E-state index is -0.598. The number of hydrogen-bond acceptors (Lipinski definition) is 8. The third-order valence-electron chi connectivity index (χ3n) is 7.27. The maximum absolute atomic E-state index is 13.0. The number of nitrogens with one attached hydrogen (secondary N) is 1. The van der Waals surface area contributed by atoms with Crippen LogP contribution in [0.2, 0.25) is 5.02 Å². The molecule has 0 radical (unpaired) electrons. The van der Waals surface area contributed by atoms with Crippen molar-refractivity contribution in [3.05, 3.63) is 105 Å². The van der Waals surface area contributed by atoms with E-state index in [0.717, 1.165) is 16.7 Å². The van der Waals surface area contributed by atoms with E-state index in [9.17, 15) is 4.79 Å². The van der Waals surface area contributed by atoms with Crippen LogP contribution in [0.4, 0.5) is 5.95 Å². The fraction of sp³-hybridized carbons (Fsp3) is 0.303. The van der Waals surface area contributed by atoms with Crippen molar-refractivity contribution in [1.29, 1.82) is 0 Å². The number of fused-ring (bicyclic) bond motifs is 1. The van der Waals surface area contributed by atoms with E-state index in [1.54, 1.807) is 11.8 Å². The smallest absolute Gasteiger partial charge is 0.338 e. The van der Waals surface area contributed by atoms with Crippen molar-refractivity contribution < 1.29 is 19.0 Å². The second-order valence-electron chi connectivity index (χ2n) is 11.2. The molecule has 0 amide bonds. The van der Waals surface area contributed by atoms with Gasteiger partial charge in [-0.25, -0.2) is 9.48 Å². The van der Waals surface area contributed by atoms with E-state index in [-0.39, 0.29) is 5.41 Å². The number of carbonyl (C=O) groups is 1. The van der Waals surface area contributed by atoms with Crippen molar-refractivity contribution in [1.82, 2.24) is 14.8 Å². The standard InChI is InChI=1S/C33H35ClN4O4S/c1-20-28(30(39)41-6)29(38-31(35-20)36-32(37-38)43-19-23-9-7-8-10-25(23)34)22-13-16-26(27(17-22)40-5)42-18-21-11-14-24(15-12-21)33(2,3)4/h7-17,29H,18-19H2,1-6H3,(H,35,36,37). The highest BCUT2D eigenvalue weighted by Gasteiger charge is 2.35. The molecule has 0 bridgehead atoms. The predicted molar refractivity (Wildman–Crippen MR) is 170 cm³/mol. The number of nitrogens with zero attached hydrogens (tertiary/aromatic N) is 3. The molecule has 8 nitrogen and oxygen atoms in total. The Morgan fingerprint density at radius 3 is 2.47 bits per heavy atom. The summed E-state index contributed by atoms with van der Waals surface area (Å²) in [6, 6.07) is 21.2. The molecule has 0 spiro atoms. The summed E-state index contributed by atoms with van der Waals surface area (Å²) in [5.74, 6) is 1.80. The summed E-state index contributed by atoms with van der Waals surface area (Å²) in [6.45, 7) is 8.79. The van der Waals surface area contributed by atoms with Crippen molar-refractivity contribution in [2.24, 2.45) is 0 Å². The molecule has 224 valence electrons. The molecule has 5 rings (SSSR count). The summed E-state index contributed by atoms with van der Waals surface area (Å²) < 4.78 is 18.8. The van der Waals surface area contributed by atoms with Crippen LogP contribution in [-0.4, -0.2) is 35.0 Å². The van der Waals surface area contributed by atoms with Gasteiger partial charge in [0.25, 0.3) is 0 Å². The number of hydrogen-bond donors (Lipinski definition) is 1. The number of anilines is 1. The van der Waals surface area contributed by atoms with E-state index in [1.165, 1.54) is 24.4 Å². The Morgan fingerprint density at radius 1 is 1.05 bits per heavy atom. The van der Waals surface area contributed by atoms with E-state index in [1.807, 2.05) is 49.4 Å². The zero-order valence-corrected chi connectivity index (χ0v) is 26.7. The monoisotopic (exact) mass is 618 g/mol. The van der Waals surface area contributed by atoms with Crippen LogP contribution in [0.15, 0.2) is 83.2 Å². The number of allylic oxidation sites excluding steroid dienone is 1. The zero-order chi connectivity index (χ0) is 30.7. The van der Waals surface area contributed by atoms with Gasteiger partial charge in [-0.15, -0.1) is 5.10 Å². The van der Waals surface area contributed by atoms with Crippen LogP contribution in [0.25, 0.3) is 0 Å². The van der Waals surface area contributed by atoms with Gasteiger partial charge >= 0.3 is 5.97 Å². The molecule has 0 saturated heterocycles. The van der Waals surface area contributed by atoms with Gasteiger partial charge in [-0.05, 0) is 52.8 Å².